The normalized spacial score (nSPS) is 13.8. The molecule has 0 saturated heterocycles. The molecule has 0 fully saturated rings. The van der Waals surface area contributed by atoms with Crippen LogP contribution in [0.2, 0.25) is 0 Å². The van der Waals surface area contributed by atoms with Crippen LogP contribution in [0.4, 0.5) is 0 Å². The van der Waals surface area contributed by atoms with Crippen LogP contribution in [0.3, 0.4) is 0 Å². The number of fused-ring (bicyclic) bond motifs is 5. The molecule has 0 atom stereocenters. The summed E-state index contributed by atoms with van der Waals surface area (Å²) in [6.07, 6.45) is 0. The van der Waals surface area contributed by atoms with Crippen molar-refractivity contribution in [3.05, 3.63) is 145 Å². The second-order valence-electron chi connectivity index (χ2n) is 12.1. The molecule has 0 heteroatoms. The first-order valence-corrected chi connectivity index (χ1v) is 14.5. The Kier molecular flexibility index (Phi) is 4.49. The van der Waals surface area contributed by atoms with E-state index in [0.717, 1.165) is 0 Å². The monoisotopic (exact) mass is 520 g/mol. The molecule has 1 aliphatic rings. The molecule has 0 aromatic heterocycles. The Labute approximate surface area is 239 Å². The van der Waals surface area contributed by atoms with Gasteiger partial charge in [0.05, 0.1) is 0 Å². The molecule has 0 amide bonds. The first kappa shape index (κ1) is 22.8. The Morgan fingerprint density at radius 1 is 0.390 bits per heavy atom. The fourth-order valence-electron chi connectivity index (χ4n) is 7.70. The van der Waals surface area contributed by atoms with E-state index in [0.29, 0.717) is 0 Å². The van der Waals surface area contributed by atoms with Gasteiger partial charge in [0.1, 0.15) is 0 Å². The molecule has 0 N–H and O–H groups in total. The second-order valence-corrected chi connectivity index (χ2v) is 12.1. The molecule has 0 unspecified atom stereocenters. The van der Waals surface area contributed by atoms with E-state index in [1.165, 1.54) is 87.6 Å². The van der Waals surface area contributed by atoms with Crippen molar-refractivity contribution in [3.63, 3.8) is 0 Å². The standard InChI is InChI=1S/C41H28/c1-41(2)36-24-30(31-20-16-29-15-14-26-10-6-11-27-17-22-34(31)38(29)37(26)27)19-21-33(36)35-23-18-28-12-7-13-32(39(28)40(35)41)25-8-4-3-5-9-25/h3-24H,1-2H3. The van der Waals surface area contributed by atoms with Crippen LogP contribution in [0, 0.1) is 0 Å². The zero-order chi connectivity index (χ0) is 27.3. The van der Waals surface area contributed by atoms with Gasteiger partial charge in [0, 0.05) is 5.41 Å². The highest BCUT2D eigenvalue weighted by Gasteiger charge is 2.37. The molecule has 0 heterocycles. The SMILES string of the molecule is CC1(C)c2cc(-c3ccc4ccc5cccc6ccc3c4c56)ccc2-c2ccc3cccc(-c4ccccc4)c3c21. The Hall–Kier alpha value is -4.94. The van der Waals surface area contributed by atoms with Crippen LogP contribution in [0.5, 0.6) is 0 Å². The summed E-state index contributed by atoms with van der Waals surface area (Å²) in [5, 5.41) is 10.7. The predicted molar refractivity (Wildman–Crippen MR) is 176 cm³/mol. The van der Waals surface area contributed by atoms with Crippen LogP contribution in [0.25, 0.3) is 76.5 Å². The minimum atomic E-state index is -0.130. The molecule has 0 bridgehead atoms. The Balaban J connectivity index is 1.29. The average Bonchev–Trinajstić information content (AvgIpc) is 3.25. The number of benzene rings is 8. The van der Waals surface area contributed by atoms with E-state index in [1.54, 1.807) is 0 Å². The Bertz CT molecular complexity index is 2300. The zero-order valence-corrected chi connectivity index (χ0v) is 23.2. The molecular formula is C41H28. The lowest BCUT2D eigenvalue weighted by molar-refractivity contribution is 0.666. The number of hydrogen-bond donors (Lipinski definition) is 0. The summed E-state index contributed by atoms with van der Waals surface area (Å²) in [4.78, 5) is 0. The average molecular weight is 521 g/mol. The summed E-state index contributed by atoms with van der Waals surface area (Å²) in [7, 11) is 0. The third kappa shape index (κ3) is 3.05. The summed E-state index contributed by atoms with van der Waals surface area (Å²) in [5.41, 5.74) is 10.6. The minimum absolute atomic E-state index is 0.130. The van der Waals surface area contributed by atoms with Gasteiger partial charge in [0.25, 0.3) is 0 Å². The van der Waals surface area contributed by atoms with Crippen molar-refractivity contribution in [3.8, 4) is 33.4 Å². The van der Waals surface area contributed by atoms with Gasteiger partial charge >= 0.3 is 0 Å². The molecule has 0 saturated carbocycles. The van der Waals surface area contributed by atoms with Gasteiger partial charge in [0.2, 0.25) is 0 Å². The van der Waals surface area contributed by atoms with Crippen molar-refractivity contribution < 1.29 is 0 Å². The lowest BCUT2D eigenvalue weighted by atomic mass is 9.78. The van der Waals surface area contributed by atoms with E-state index in [2.05, 4.69) is 147 Å². The smallest absolute Gasteiger partial charge is 0.0165 e. The van der Waals surface area contributed by atoms with E-state index in [9.17, 15) is 0 Å². The second kappa shape index (κ2) is 8.05. The lowest BCUT2D eigenvalue weighted by Crippen LogP contribution is -2.16. The summed E-state index contributed by atoms with van der Waals surface area (Å²) in [6, 6.07) is 49.8. The molecule has 0 spiro atoms. The van der Waals surface area contributed by atoms with Gasteiger partial charge in [-0.25, -0.2) is 0 Å². The number of hydrogen-bond acceptors (Lipinski definition) is 0. The van der Waals surface area contributed by atoms with Crippen LogP contribution >= 0.6 is 0 Å². The molecule has 9 rings (SSSR count). The van der Waals surface area contributed by atoms with E-state index in [4.69, 9.17) is 0 Å². The summed E-state index contributed by atoms with van der Waals surface area (Å²) >= 11 is 0. The van der Waals surface area contributed by atoms with Gasteiger partial charge in [-0.3, -0.25) is 0 Å². The highest BCUT2D eigenvalue weighted by atomic mass is 14.4. The van der Waals surface area contributed by atoms with E-state index in [-0.39, 0.29) is 5.41 Å². The topological polar surface area (TPSA) is 0 Å². The Morgan fingerprint density at radius 3 is 1.78 bits per heavy atom. The van der Waals surface area contributed by atoms with Gasteiger partial charge < -0.3 is 0 Å². The third-order valence-corrected chi connectivity index (χ3v) is 9.58. The van der Waals surface area contributed by atoms with Crippen molar-refractivity contribution in [2.24, 2.45) is 0 Å². The zero-order valence-electron chi connectivity index (χ0n) is 23.2. The van der Waals surface area contributed by atoms with Crippen LogP contribution in [-0.2, 0) is 5.41 Å². The third-order valence-electron chi connectivity index (χ3n) is 9.58. The first-order valence-electron chi connectivity index (χ1n) is 14.5. The van der Waals surface area contributed by atoms with Crippen molar-refractivity contribution in [1.82, 2.24) is 0 Å². The maximum Gasteiger partial charge on any atom is 0.0165 e. The quantitative estimate of drug-likeness (QED) is 0.199. The van der Waals surface area contributed by atoms with Crippen molar-refractivity contribution >= 4 is 43.1 Å². The minimum Gasteiger partial charge on any atom is -0.0622 e. The highest BCUT2D eigenvalue weighted by molar-refractivity contribution is 6.25. The van der Waals surface area contributed by atoms with Crippen molar-refractivity contribution in [1.29, 1.82) is 0 Å². The fraction of sp³-hybridized carbons (Fsp3) is 0.0732. The molecule has 1 aliphatic carbocycles. The van der Waals surface area contributed by atoms with Gasteiger partial charge in [0.15, 0.2) is 0 Å². The highest BCUT2D eigenvalue weighted by Crippen LogP contribution is 2.54. The molecule has 41 heavy (non-hydrogen) atoms. The molecule has 0 radical (unpaired) electrons. The van der Waals surface area contributed by atoms with Crippen molar-refractivity contribution in [2.45, 2.75) is 19.3 Å². The van der Waals surface area contributed by atoms with Crippen molar-refractivity contribution in [2.75, 3.05) is 0 Å². The van der Waals surface area contributed by atoms with Gasteiger partial charge in [-0.1, -0.05) is 141 Å². The van der Waals surface area contributed by atoms with Crippen LogP contribution in [0.1, 0.15) is 25.0 Å². The molecule has 192 valence electrons. The lowest BCUT2D eigenvalue weighted by Gasteiger charge is -2.25. The Morgan fingerprint density at radius 2 is 1.00 bits per heavy atom. The molecule has 0 nitrogen and oxygen atoms in total. The van der Waals surface area contributed by atoms with Gasteiger partial charge in [-0.15, -0.1) is 0 Å². The largest absolute Gasteiger partial charge is 0.0622 e. The van der Waals surface area contributed by atoms with Gasteiger partial charge in [-0.2, -0.15) is 0 Å². The van der Waals surface area contributed by atoms with Crippen LogP contribution in [0.15, 0.2) is 133 Å². The predicted octanol–water partition coefficient (Wildman–Crippen LogP) is 11.4. The maximum absolute atomic E-state index is 2.47. The molecular weight excluding hydrogens is 492 g/mol. The fourth-order valence-corrected chi connectivity index (χ4v) is 7.70. The summed E-state index contributed by atoms with van der Waals surface area (Å²) < 4.78 is 0. The van der Waals surface area contributed by atoms with E-state index < -0.39 is 0 Å². The maximum atomic E-state index is 2.47. The molecule has 8 aromatic carbocycles. The van der Waals surface area contributed by atoms with E-state index in [1.807, 2.05) is 0 Å². The van der Waals surface area contributed by atoms with Gasteiger partial charge in [-0.05, 0) is 93.7 Å². The van der Waals surface area contributed by atoms with Crippen LogP contribution < -0.4 is 0 Å². The summed E-state index contributed by atoms with van der Waals surface area (Å²) in [6.45, 7) is 4.82. The van der Waals surface area contributed by atoms with E-state index >= 15 is 0 Å². The number of rotatable bonds is 2. The van der Waals surface area contributed by atoms with Crippen LogP contribution in [-0.4, -0.2) is 0 Å². The summed E-state index contributed by atoms with van der Waals surface area (Å²) in [5.74, 6) is 0. The molecule has 8 aromatic rings. The first-order chi connectivity index (χ1) is 20.1. The molecule has 0 aliphatic heterocycles.